The van der Waals surface area contributed by atoms with Gasteiger partial charge in [-0.15, -0.1) is 0 Å². The molecule has 0 bridgehead atoms. The Morgan fingerprint density at radius 3 is 2.67 bits per heavy atom. The van der Waals surface area contributed by atoms with Crippen molar-refractivity contribution in [3.05, 3.63) is 51.3 Å². The molecule has 1 heterocycles. The van der Waals surface area contributed by atoms with E-state index in [1.807, 2.05) is 17.9 Å². The molecule has 0 unspecified atom stereocenters. The third-order valence-electron chi connectivity index (χ3n) is 3.22. The van der Waals surface area contributed by atoms with E-state index < -0.39 is 0 Å². The van der Waals surface area contributed by atoms with Crippen LogP contribution in [0.1, 0.15) is 22.4 Å². The molecule has 0 radical (unpaired) electrons. The van der Waals surface area contributed by atoms with Gasteiger partial charge in [-0.1, -0.05) is 28.1 Å². The molecular formula is C14H18BrN3. The maximum absolute atomic E-state index is 4.24. The van der Waals surface area contributed by atoms with Gasteiger partial charge in [-0.2, -0.15) is 5.10 Å². The quantitative estimate of drug-likeness (QED) is 0.940. The summed E-state index contributed by atoms with van der Waals surface area (Å²) in [5.41, 5.74) is 5.02. The summed E-state index contributed by atoms with van der Waals surface area (Å²) in [6.07, 6.45) is 1.92. The minimum Gasteiger partial charge on any atom is -0.308 e. The van der Waals surface area contributed by atoms with Crippen molar-refractivity contribution in [3.8, 4) is 0 Å². The second-order valence-corrected chi connectivity index (χ2v) is 5.42. The van der Waals surface area contributed by atoms with E-state index in [1.54, 1.807) is 0 Å². The Hall–Kier alpha value is -1.13. The maximum atomic E-state index is 4.24. The van der Waals surface area contributed by atoms with Crippen molar-refractivity contribution in [2.75, 3.05) is 0 Å². The van der Waals surface area contributed by atoms with E-state index in [0.29, 0.717) is 0 Å². The van der Waals surface area contributed by atoms with Gasteiger partial charge in [-0.25, -0.2) is 0 Å². The topological polar surface area (TPSA) is 29.9 Å². The van der Waals surface area contributed by atoms with Gasteiger partial charge in [-0.05, 0) is 31.0 Å². The van der Waals surface area contributed by atoms with Gasteiger partial charge in [0.1, 0.15) is 0 Å². The predicted molar refractivity (Wildman–Crippen MR) is 77.4 cm³/mol. The SMILES string of the molecule is Cc1ccc(CNCc2cnn(C)c2C)cc1Br. The molecule has 96 valence electrons. The van der Waals surface area contributed by atoms with Crippen LogP contribution in [-0.4, -0.2) is 9.78 Å². The van der Waals surface area contributed by atoms with Crippen LogP contribution in [0.5, 0.6) is 0 Å². The van der Waals surface area contributed by atoms with Crippen molar-refractivity contribution >= 4 is 15.9 Å². The first-order chi connectivity index (χ1) is 8.58. The lowest BCUT2D eigenvalue weighted by Crippen LogP contribution is -2.13. The van der Waals surface area contributed by atoms with Crippen molar-refractivity contribution in [1.29, 1.82) is 0 Å². The zero-order valence-corrected chi connectivity index (χ0v) is 12.6. The summed E-state index contributed by atoms with van der Waals surface area (Å²) < 4.78 is 3.07. The Morgan fingerprint density at radius 1 is 1.28 bits per heavy atom. The Morgan fingerprint density at radius 2 is 2.06 bits per heavy atom. The van der Waals surface area contributed by atoms with Crippen molar-refractivity contribution in [2.45, 2.75) is 26.9 Å². The van der Waals surface area contributed by atoms with E-state index in [0.717, 1.165) is 13.1 Å². The second-order valence-electron chi connectivity index (χ2n) is 4.57. The number of aromatic nitrogens is 2. The largest absolute Gasteiger partial charge is 0.308 e. The molecule has 0 fully saturated rings. The first kappa shape index (κ1) is 13.3. The van der Waals surface area contributed by atoms with Gasteiger partial charge in [0, 0.05) is 35.9 Å². The van der Waals surface area contributed by atoms with Crippen LogP contribution in [0.2, 0.25) is 0 Å². The van der Waals surface area contributed by atoms with E-state index in [2.05, 4.69) is 58.4 Å². The second kappa shape index (κ2) is 5.67. The summed E-state index contributed by atoms with van der Waals surface area (Å²) in [5.74, 6) is 0. The van der Waals surface area contributed by atoms with Crippen molar-refractivity contribution in [3.63, 3.8) is 0 Å². The summed E-state index contributed by atoms with van der Waals surface area (Å²) in [6, 6.07) is 6.46. The zero-order chi connectivity index (χ0) is 13.1. The van der Waals surface area contributed by atoms with E-state index in [9.17, 15) is 0 Å². The molecule has 0 saturated carbocycles. The summed E-state index contributed by atoms with van der Waals surface area (Å²) in [7, 11) is 1.97. The van der Waals surface area contributed by atoms with Gasteiger partial charge in [-0.3, -0.25) is 4.68 Å². The van der Waals surface area contributed by atoms with Gasteiger partial charge in [0.15, 0.2) is 0 Å². The van der Waals surface area contributed by atoms with Crippen LogP contribution in [0, 0.1) is 13.8 Å². The number of halogens is 1. The normalized spacial score (nSPS) is 10.9. The fraction of sp³-hybridized carbons (Fsp3) is 0.357. The number of rotatable bonds is 4. The van der Waals surface area contributed by atoms with Gasteiger partial charge in [0.05, 0.1) is 6.20 Å². The molecule has 3 nitrogen and oxygen atoms in total. The van der Waals surface area contributed by atoms with Gasteiger partial charge >= 0.3 is 0 Å². The third kappa shape index (κ3) is 3.00. The summed E-state index contributed by atoms with van der Waals surface area (Å²) >= 11 is 3.56. The van der Waals surface area contributed by atoms with E-state index in [1.165, 1.54) is 26.9 Å². The number of nitrogens with zero attached hydrogens (tertiary/aromatic N) is 2. The minimum absolute atomic E-state index is 0.852. The molecule has 0 saturated heterocycles. The Kier molecular flexibility index (Phi) is 4.19. The smallest absolute Gasteiger partial charge is 0.0537 e. The van der Waals surface area contributed by atoms with E-state index >= 15 is 0 Å². The molecule has 1 N–H and O–H groups in total. The number of aryl methyl sites for hydroxylation is 2. The van der Waals surface area contributed by atoms with Crippen LogP contribution in [0.3, 0.4) is 0 Å². The predicted octanol–water partition coefficient (Wildman–Crippen LogP) is 3.09. The molecule has 0 spiro atoms. The van der Waals surface area contributed by atoms with Crippen LogP contribution >= 0.6 is 15.9 Å². The van der Waals surface area contributed by atoms with E-state index in [-0.39, 0.29) is 0 Å². The number of nitrogens with one attached hydrogen (secondary N) is 1. The van der Waals surface area contributed by atoms with Gasteiger partial charge < -0.3 is 5.32 Å². The molecular weight excluding hydrogens is 290 g/mol. The highest BCUT2D eigenvalue weighted by atomic mass is 79.9. The van der Waals surface area contributed by atoms with Crippen LogP contribution in [-0.2, 0) is 20.1 Å². The highest BCUT2D eigenvalue weighted by molar-refractivity contribution is 9.10. The Balaban J connectivity index is 1.92. The summed E-state index contributed by atoms with van der Waals surface area (Å²) in [4.78, 5) is 0. The Bertz CT molecular complexity index is 546. The molecule has 0 aliphatic heterocycles. The molecule has 18 heavy (non-hydrogen) atoms. The molecule has 0 aliphatic rings. The average Bonchev–Trinajstić information content (AvgIpc) is 2.66. The number of benzene rings is 1. The lowest BCUT2D eigenvalue weighted by Gasteiger charge is -2.06. The van der Waals surface area contributed by atoms with Crippen molar-refractivity contribution in [1.82, 2.24) is 15.1 Å². The molecule has 1 aromatic heterocycles. The third-order valence-corrected chi connectivity index (χ3v) is 4.07. The fourth-order valence-electron chi connectivity index (χ4n) is 1.81. The van der Waals surface area contributed by atoms with Crippen molar-refractivity contribution < 1.29 is 0 Å². The molecule has 0 atom stereocenters. The van der Waals surface area contributed by atoms with Crippen molar-refractivity contribution in [2.24, 2.45) is 7.05 Å². The molecule has 2 aromatic rings. The minimum atomic E-state index is 0.852. The summed E-state index contributed by atoms with van der Waals surface area (Å²) in [5, 5.41) is 7.68. The molecule has 0 aliphatic carbocycles. The van der Waals surface area contributed by atoms with Gasteiger partial charge in [0.25, 0.3) is 0 Å². The first-order valence-corrected chi connectivity index (χ1v) is 6.80. The first-order valence-electron chi connectivity index (χ1n) is 6.01. The molecule has 1 aromatic carbocycles. The van der Waals surface area contributed by atoms with E-state index in [4.69, 9.17) is 0 Å². The van der Waals surface area contributed by atoms with Gasteiger partial charge in [0.2, 0.25) is 0 Å². The number of hydrogen-bond acceptors (Lipinski definition) is 2. The maximum Gasteiger partial charge on any atom is 0.0537 e. The lowest BCUT2D eigenvalue weighted by atomic mass is 10.1. The van der Waals surface area contributed by atoms with Crippen LogP contribution in [0.25, 0.3) is 0 Å². The zero-order valence-electron chi connectivity index (χ0n) is 11.0. The lowest BCUT2D eigenvalue weighted by molar-refractivity contribution is 0.684. The van der Waals surface area contributed by atoms with Crippen LogP contribution in [0.4, 0.5) is 0 Å². The highest BCUT2D eigenvalue weighted by Crippen LogP contribution is 2.17. The molecule has 4 heteroatoms. The standard InChI is InChI=1S/C14H18BrN3/c1-10-4-5-12(6-14(10)15)7-16-8-13-9-17-18(3)11(13)2/h4-6,9,16H,7-8H2,1-3H3. The Labute approximate surface area is 116 Å². The van der Waals surface area contributed by atoms with Crippen LogP contribution in [0.15, 0.2) is 28.9 Å². The molecule has 0 amide bonds. The highest BCUT2D eigenvalue weighted by Gasteiger charge is 2.03. The average molecular weight is 308 g/mol. The summed E-state index contributed by atoms with van der Waals surface area (Å²) in [6.45, 7) is 5.91. The number of hydrogen-bond donors (Lipinski definition) is 1. The monoisotopic (exact) mass is 307 g/mol. The molecule has 2 rings (SSSR count). The fourth-order valence-corrected chi connectivity index (χ4v) is 2.23. The van der Waals surface area contributed by atoms with Crippen LogP contribution < -0.4 is 5.32 Å².